The molecule has 19 heavy (non-hydrogen) atoms. The summed E-state index contributed by atoms with van der Waals surface area (Å²) in [7, 11) is 0. The maximum Gasteiger partial charge on any atom is 0.248 e. The molecule has 3 N–H and O–H groups in total. The zero-order valence-electron chi connectivity index (χ0n) is 10.00. The van der Waals surface area contributed by atoms with E-state index in [2.05, 4.69) is 5.32 Å². The molecular weight excluding hydrogens is 260 g/mol. The van der Waals surface area contributed by atoms with E-state index in [-0.39, 0.29) is 5.91 Å². The number of carbonyl (C=O) groups is 2. The molecule has 0 fully saturated rings. The van der Waals surface area contributed by atoms with E-state index in [1.54, 1.807) is 41.7 Å². The van der Waals surface area contributed by atoms with Crippen LogP contribution in [0.15, 0.2) is 47.9 Å². The molecule has 0 saturated heterocycles. The fraction of sp³-hybridized carbons (Fsp3) is 0. The van der Waals surface area contributed by atoms with Crippen molar-refractivity contribution >= 4 is 34.9 Å². The molecule has 0 aliphatic rings. The number of amides is 2. The van der Waals surface area contributed by atoms with Crippen molar-refractivity contribution in [2.45, 2.75) is 0 Å². The molecule has 96 valence electrons. The zero-order chi connectivity index (χ0) is 13.7. The number of carbonyl (C=O) groups excluding carboxylic acids is 2. The predicted molar refractivity (Wildman–Crippen MR) is 76.9 cm³/mol. The molecule has 4 nitrogen and oxygen atoms in total. The van der Waals surface area contributed by atoms with Gasteiger partial charge in [0.25, 0.3) is 0 Å². The molecule has 2 aromatic rings. The van der Waals surface area contributed by atoms with E-state index >= 15 is 0 Å². The molecule has 1 aromatic heterocycles. The maximum atomic E-state index is 11.7. The highest BCUT2D eigenvalue weighted by Crippen LogP contribution is 2.12. The third kappa shape index (κ3) is 3.79. The highest BCUT2D eigenvalue weighted by atomic mass is 32.1. The van der Waals surface area contributed by atoms with Gasteiger partial charge in [-0.3, -0.25) is 9.59 Å². The van der Waals surface area contributed by atoms with Crippen LogP contribution in [0.2, 0.25) is 0 Å². The van der Waals surface area contributed by atoms with Crippen molar-refractivity contribution < 1.29 is 9.59 Å². The van der Waals surface area contributed by atoms with Crippen molar-refractivity contribution in [3.8, 4) is 0 Å². The predicted octanol–water partition coefficient (Wildman–Crippen LogP) is 2.50. The third-order valence-electron chi connectivity index (χ3n) is 2.36. The maximum absolute atomic E-state index is 11.7. The van der Waals surface area contributed by atoms with Gasteiger partial charge in [-0.1, -0.05) is 12.1 Å². The van der Waals surface area contributed by atoms with Gasteiger partial charge in [0.05, 0.1) is 0 Å². The van der Waals surface area contributed by atoms with Crippen molar-refractivity contribution in [2.75, 3.05) is 5.32 Å². The van der Waals surface area contributed by atoms with E-state index in [1.807, 2.05) is 17.5 Å². The van der Waals surface area contributed by atoms with Gasteiger partial charge < -0.3 is 11.1 Å². The molecule has 5 heteroatoms. The van der Waals surface area contributed by atoms with Crippen LogP contribution in [0.5, 0.6) is 0 Å². The van der Waals surface area contributed by atoms with Gasteiger partial charge in [-0.2, -0.15) is 0 Å². The first kappa shape index (κ1) is 13.0. The molecule has 0 radical (unpaired) electrons. The third-order valence-corrected chi connectivity index (χ3v) is 3.19. The molecule has 1 aromatic carbocycles. The number of benzene rings is 1. The van der Waals surface area contributed by atoms with Crippen molar-refractivity contribution in [1.29, 1.82) is 0 Å². The first-order valence-corrected chi connectivity index (χ1v) is 6.45. The smallest absolute Gasteiger partial charge is 0.248 e. The molecule has 0 aliphatic carbocycles. The Labute approximate surface area is 114 Å². The molecule has 0 atom stereocenters. The van der Waals surface area contributed by atoms with Crippen LogP contribution in [0.4, 0.5) is 5.69 Å². The molecule has 0 aliphatic heterocycles. The van der Waals surface area contributed by atoms with Crippen LogP contribution in [0.25, 0.3) is 6.08 Å². The van der Waals surface area contributed by atoms with E-state index < -0.39 is 5.91 Å². The molecule has 0 unspecified atom stereocenters. The minimum Gasteiger partial charge on any atom is -0.366 e. The summed E-state index contributed by atoms with van der Waals surface area (Å²) in [5.41, 5.74) is 6.07. The van der Waals surface area contributed by atoms with E-state index in [9.17, 15) is 9.59 Å². The fourth-order valence-electron chi connectivity index (χ4n) is 1.48. The number of nitrogens with two attached hydrogens (primary N) is 1. The highest BCUT2D eigenvalue weighted by molar-refractivity contribution is 7.10. The van der Waals surface area contributed by atoms with E-state index in [0.717, 1.165) is 4.88 Å². The van der Waals surface area contributed by atoms with Crippen LogP contribution in [0.1, 0.15) is 15.2 Å². The normalized spacial score (nSPS) is 10.5. The lowest BCUT2D eigenvalue weighted by Crippen LogP contribution is -2.12. The van der Waals surface area contributed by atoms with Crippen molar-refractivity contribution in [3.63, 3.8) is 0 Å². The lowest BCUT2D eigenvalue weighted by atomic mass is 10.2. The second-order valence-corrected chi connectivity index (χ2v) is 4.76. The fourth-order valence-corrected chi connectivity index (χ4v) is 2.10. The summed E-state index contributed by atoms with van der Waals surface area (Å²) in [5.74, 6) is -0.778. The SMILES string of the molecule is NC(=O)c1cccc(NC(=O)/C=C/c2cccs2)c1. The van der Waals surface area contributed by atoms with Crippen LogP contribution in [-0.2, 0) is 4.79 Å². The summed E-state index contributed by atoms with van der Waals surface area (Å²) in [4.78, 5) is 23.7. The minimum absolute atomic E-state index is 0.255. The number of hydrogen-bond acceptors (Lipinski definition) is 3. The van der Waals surface area contributed by atoms with Gasteiger partial charge in [0, 0.05) is 22.2 Å². The second-order valence-electron chi connectivity index (χ2n) is 3.78. The molecule has 1 heterocycles. The van der Waals surface area contributed by atoms with Crippen molar-refractivity contribution in [3.05, 3.63) is 58.3 Å². The van der Waals surface area contributed by atoms with Gasteiger partial charge in [-0.15, -0.1) is 11.3 Å². The van der Waals surface area contributed by atoms with Gasteiger partial charge in [-0.05, 0) is 35.7 Å². The lowest BCUT2D eigenvalue weighted by Gasteiger charge is -2.03. The van der Waals surface area contributed by atoms with Crippen LogP contribution in [-0.4, -0.2) is 11.8 Å². The standard InChI is InChI=1S/C14H12N2O2S/c15-14(18)10-3-1-4-11(9-10)16-13(17)7-6-12-5-2-8-19-12/h1-9H,(H2,15,18)(H,16,17)/b7-6+. The van der Waals surface area contributed by atoms with Crippen LogP contribution < -0.4 is 11.1 Å². The highest BCUT2D eigenvalue weighted by Gasteiger charge is 2.02. The number of hydrogen-bond donors (Lipinski definition) is 2. The Morgan fingerprint density at radius 2 is 2.05 bits per heavy atom. The molecule has 0 bridgehead atoms. The summed E-state index contributed by atoms with van der Waals surface area (Å²) in [6.45, 7) is 0. The summed E-state index contributed by atoms with van der Waals surface area (Å²) in [6.07, 6.45) is 3.18. The Balaban J connectivity index is 2.03. The van der Waals surface area contributed by atoms with Gasteiger partial charge in [-0.25, -0.2) is 0 Å². The van der Waals surface area contributed by atoms with Gasteiger partial charge in [0.2, 0.25) is 11.8 Å². The topological polar surface area (TPSA) is 72.2 Å². The zero-order valence-corrected chi connectivity index (χ0v) is 10.8. The van der Waals surface area contributed by atoms with Crippen molar-refractivity contribution in [1.82, 2.24) is 0 Å². The number of anilines is 1. The summed E-state index contributed by atoms with van der Waals surface area (Å²) >= 11 is 1.55. The van der Waals surface area contributed by atoms with Crippen molar-refractivity contribution in [2.24, 2.45) is 5.73 Å². The van der Waals surface area contributed by atoms with E-state index in [0.29, 0.717) is 11.3 Å². The monoisotopic (exact) mass is 272 g/mol. The van der Waals surface area contributed by atoms with E-state index in [4.69, 9.17) is 5.73 Å². The number of primary amides is 1. The minimum atomic E-state index is -0.523. The number of nitrogens with one attached hydrogen (secondary N) is 1. The first-order valence-electron chi connectivity index (χ1n) is 5.57. The lowest BCUT2D eigenvalue weighted by molar-refractivity contribution is -0.111. The van der Waals surface area contributed by atoms with Crippen LogP contribution in [0, 0.1) is 0 Å². The average molecular weight is 272 g/mol. The Morgan fingerprint density at radius 1 is 1.21 bits per heavy atom. The van der Waals surface area contributed by atoms with Crippen LogP contribution >= 0.6 is 11.3 Å². The average Bonchev–Trinajstić information content (AvgIpc) is 2.90. The summed E-state index contributed by atoms with van der Waals surface area (Å²) in [6, 6.07) is 10.3. The Bertz CT molecular complexity index is 618. The number of rotatable bonds is 4. The molecule has 2 amide bonds. The van der Waals surface area contributed by atoms with Gasteiger partial charge >= 0.3 is 0 Å². The Hall–Kier alpha value is -2.40. The Morgan fingerprint density at radius 3 is 2.74 bits per heavy atom. The molecular formula is C14H12N2O2S. The summed E-state index contributed by atoms with van der Waals surface area (Å²) < 4.78 is 0. The number of thiophene rings is 1. The van der Waals surface area contributed by atoms with E-state index in [1.165, 1.54) is 6.08 Å². The molecule has 2 rings (SSSR count). The Kier molecular flexibility index (Phi) is 4.10. The van der Waals surface area contributed by atoms with Crippen LogP contribution in [0.3, 0.4) is 0 Å². The largest absolute Gasteiger partial charge is 0.366 e. The molecule has 0 saturated carbocycles. The first-order chi connectivity index (χ1) is 9.15. The second kappa shape index (κ2) is 5.97. The summed E-state index contributed by atoms with van der Waals surface area (Å²) in [5, 5.41) is 4.61. The van der Waals surface area contributed by atoms with Gasteiger partial charge in [0.15, 0.2) is 0 Å². The van der Waals surface area contributed by atoms with Gasteiger partial charge in [0.1, 0.15) is 0 Å². The molecule has 0 spiro atoms. The quantitative estimate of drug-likeness (QED) is 0.839.